The van der Waals surface area contributed by atoms with Crippen LogP contribution in [0.3, 0.4) is 0 Å². The van der Waals surface area contributed by atoms with E-state index >= 15 is 0 Å². The maximum Gasteiger partial charge on any atom is 0.408 e. The third-order valence-corrected chi connectivity index (χ3v) is 11.4. The number of fused-ring (bicyclic) bond motifs is 4. The van der Waals surface area contributed by atoms with E-state index in [-0.39, 0.29) is 37.2 Å². The molecule has 5 N–H and O–H groups in total. The molecule has 4 aromatic carbocycles. The van der Waals surface area contributed by atoms with Gasteiger partial charge in [0.05, 0.1) is 29.4 Å². The molecular formula is C47H50N6O8. The number of nitrogens with zero attached hydrogens (tertiary/aromatic N) is 3. The minimum atomic E-state index is -0.838. The molecule has 3 saturated heterocycles. The minimum absolute atomic E-state index is 0.0518. The fraction of sp³-hybridized carbons (Fsp3) is 0.319. The number of nitrogens with one attached hydrogen (secondary N) is 3. The van der Waals surface area contributed by atoms with Gasteiger partial charge in [-0.15, -0.1) is 0 Å². The highest BCUT2D eigenvalue weighted by Gasteiger charge is 2.37. The number of piperidine rings is 3. The zero-order chi connectivity index (χ0) is 42.1. The van der Waals surface area contributed by atoms with Crippen molar-refractivity contribution >= 4 is 23.0 Å². The number of pyridine rings is 1. The third-order valence-electron chi connectivity index (χ3n) is 11.4. The van der Waals surface area contributed by atoms with E-state index in [9.17, 15) is 24.6 Å². The number of hydrogen-bond acceptors (Lipinski definition) is 11. The highest BCUT2D eigenvalue weighted by molar-refractivity contribution is 5.89. The van der Waals surface area contributed by atoms with E-state index in [0.29, 0.717) is 46.8 Å². The number of hydrogen-bond donors (Lipinski definition) is 5. The van der Waals surface area contributed by atoms with Crippen LogP contribution in [0.15, 0.2) is 120 Å². The van der Waals surface area contributed by atoms with Gasteiger partial charge in [0, 0.05) is 42.8 Å². The number of aromatic nitrogens is 3. The lowest BCUT2D eigenvalue weighted by Crippen LogP contribution is -2.52. The Labute approximate surface area is 353 Å². The molecule has 9 rings (SSSR count). The van der Waals surface area contributed by atoms with Crippen LogP contribution in [0, 0.1) is 5.92 Å². The van der Waals surface area contributed by atoms with Gasteiger partial charge in [-0.25, -0.2) is 9.59 Å². The number of ether oxygens (including phenoxy) is 3. The molecular weight excluding hydrogens is 777 g/mol. The fourth-order valence-corrected chi connectivity index (χ4v) is 8.13. The summed E-state index contributed by atoms with van der Waals surface area (Å²) in [6, 6.07) is 30.2. The second-order valence-corrected chi connectivity index (χ2v) is 15.7. The van der Waals surface area contributed by atoms with E-state index in [4.69, 9.17) is 14.2 Å². The van der Waals surface area contributed by atoms with E-state index in [1.54, 1.807) is 35.1 Å². The molecule has 316 valence electrons. The van der Waals surface area contributed by atoms with Crippen LogP contribution in [0.25, 0.3) is 10.9 Å². The van der Waals surface area contributed by atoms with Crippen molar-refractivity contribution in [2.75, 3.05) is 32.7 Å². The van der Waals surface area contributed by atoms with E-state index in [2.05, 4.69) is 25.6 Å². The molecule has 3 aliphatic rings. The summed E-state index contributed by atoms with van der Waals surface area (Å²) in [5.41, 5.74) is 4.42. The maximum absolute atomic E-state index is 13.2. The van der Waals surface area contributed by atoms with Gasteiger partial charge in [-0.1, -0.05) is 60.7 Å². The number of aryl methyl sites for hydroxylation is 1. The number of aliphatic hydroxyl groups is 1. The lowest BCUT2D eigenvalue weighted by Gasteiger charge is -2.43. The SMILES string of the molecule is O=C(N[C@@H](c1ccccc1)c1cccc(OCc2ccc(C(=O)OCc3cnn(CCCNC[C@H](O)c4ccc(O)c5[nH]c(=O)ccc45)c3)cc2)c1)O[C@H]1CN2CCC1CC2. The van der Waals surface area contributed by atoms with Crippen LogP contribution in [0.4, 0.5) is 4.79 Å². The second-order valence-electron chi connectivity index (χ2n) is 15.7. The van der Waals surface area contributed by atoms with Gasteiger partial charge in [0.15, 0.2) is 0 Å². The molecule has 0 radical (unpaired) electrons. The normalized spacial score (nSPS) is 18.0. The summed E-state index contributed by atoms with van der Waals surface area (Å²) >= 11 is 0. The number of amides is 1. The number of carbonyl (C=O) groups excluding carboxylic acids is 2. The van der Waals surface area contributed by atoms with Crippen LogP contribution in [-0.4, -0.2) is 80.8 Å². The van der Waals surface area contributed by atoms with Crippen molar-refractivity contribution in [1.82, 2.24) is 30.3 Å². The number of aromatic amines is 1. The van der Waals surface area contributed by atoms with Crippen LogP contribution in [0.2, 0.25) is 0 Å². The first-order valence-corrected chi connectivity index (χ1v) is 20.7. The quantitative estimate of drug-likeness (QED) is 0.0539. The Kier molecular flexibility index (Phi) is 13.0. The summed E-state index contributed by atoms with van der Waals surface area (Å²) in [4.78, 5) is 42.8. The lowest BCUT2D eigenvalue weighted by atomic mass is 9.86. The number of phenols is 1. The number of carbonyl (C=O) groups is 2. The lowest BCUT2D eigenvalue weighted by molar-refractivity contribution is -0.0336. The molecule has 1 amide bonds. The number of H-pyrrole nitrogens is 1. The van der Waals surface area contributed by atoms with Crippen molar-refractivity contribution in [3.8, 4) is 11.5 Å². The largest absolute Gasteiger partial charge is 0.506 e. The number of phenolic OH excluding ortho intramolecular Hbond substituents is 1. The van der Waals surface area contributed by atoms with Gasteiger partial charge in [0.1, 0.15) is 30.8 Å². The molecule has 0 unspecified atom stereocenters. The van der Waals surface area contributed by atoms with Crippen molar-refractivity contribution in [2.45, 2.75) is 57.3 Å². The smallest absolute Gasteiger partial charge is 0.408 e. The van der Waals surface area contributed by atoms with Crippen LogP contribution in [0.5, 0.6) is 11.5 Å². The number of benzene rings is 4. The summed E-state index contributed by atoms with van der Waals surface area (Å²) in [5.74, 6) is 0.558. The highest BCUT2D eigenvalue weighted by atomic mass is 16.6. The number of aliphatic hydroxyl groups excluding tert-OH is 1. The molecule has 14 heteroatoms. The van der Waals surface area contributed by atoms with E-state index in [1.807, 2.05) is 72.9 Å². The molecule has 61 heavy (non-hydrogen) atoms. The molecule has 6 aromatic rings. The first-order chi connectivity index (χ1) is 29.8. The van der Waals surface area contributed by atoms with Crippen LogP contribution < -0.4 is 20.9 Å². The molecule has 3 aliphatic heterocycles. The summed E-state index contributed by atoms with van der Waals surface area (Å²) in [6.07, 6.45) is 5.02. The average molecular weight is 827 g/mol. The van der Waals surface area contributed by atoms with Gasteiger partial charge in [0.2, 0.25) is 5.56 Å². The minimum Gasteiger partial charge on any atom is -0.506 e. The molecule has 0 spiro atoms. The molecule has 14 nitrogen and oxygen atoms in total. The van der Waals surface area contributed by atoms with Crippen molar-refractivity contribution in [1.29, 1.82) is 0 Å². The average Bonchev–Trinajstić information content (AvgIpc) is 3.75. The Hall–Kier alpha value is -6.48. The van der Waals surface area contributed by atoms with Crippen molar-refractivity contribution in [2.24, 2.45) is 5.92 Å². The molecule has 2 bridgehead atoms. The van der Waals surface area contributed by atoms with Crippen molar-refractivity contribution in [3.63, 3.8) is 0 Å². The topological polar surface area (TPSA) is 180 Å². The maximum atomic E-state index is 13.2. The second kappa shape index (κ2) is 19.3. The molecule has 3 atom stereocenters. The van der Waals surface area contributed by atoms with Crippen LogP contribution in [0.1, 0.15) is 69.6 Å². The number of rotatable bonds is 17. The first kappa shape index (κ1) is 41.3. The summed E-state index contributed by atoms with van der Waals surface area (Å²) in [5, 5.41) is 32.2. The number of alkyl carbamates (subject to hydrolysis) is 1. The molecule has 0 saturated carbocycles. The zero-order valence-corrected chi connectivity index (χ0v) is 33.7. The van der Waals surface area contributed by atoms with Crippen LogP contribution >= 0.6 is 0 Å². The molecule has 0 aliphatic carbocycles. The standard InChI is InChI=1S/C47H50N6O8/c54-40-16-14-38(39-15-17-43(56)50-45(39)40)41(55)26-48-20-5-21-53-27-32(25-49-53)30-60-46(57)35-12-10-31(11-13-35)29-59-37-9-4-8-36(24-37)44(34-6-2-1-3-7-34)51-47(58)61-42-28-52-22-18-33(42)19-23-52/h1-4,6-17,24-25,27,33,41-42,44,48,54-55H,5,18-23,26,28-30H2,(H,50,56)(H,51,58)/t41-,42-,44-/m0/s1. The van der Waals surface area contributed by atoms with Crippen molar-refractivity contribution in [3.05, 3.63) is 159 Å². The van der Waals surface area contributed by atoms with E-state index < -0.39 is 24.2 Å². The molecule has 3 fully saturated rings. The molecule has 2 aromatic heterocycles. The Morgan fingerprint density at radius 2 is 1.70 bits per heavy atom. The third kappa shape index (κ3) is 10.5. The van der Waals surface area contributed by atoms with Gasteiger partial charge in [-0.2, -0.15) is 5.10 Å². The number of aromatic hydroxyl groups is 1. The molecule has 5 heterocycles. The Morgan fingerprint density at radius 1 is 0.902 bits per heavy atom. The predicted octanol–water partition coefficient (Wildman–Crippen LogP) is 5.99. The predicted molar refractivity (Wildman–Crippen MR) is 228 cm³/mol. The van der Waals surface area contributed by atoms with Gasteiger partial charge < -0.3 is 40.0 Å². The van der Waals surface area contributed by atoms with Crippen LogP contribution in [-0.2, 0) is 29.2 Å². The summed E-state index contributed by atoms with van der Waals surface area (Å²) < 4.78 is 19.5. The van der Waals surface area contributed by atoms with E-state index in [0.717, 1.165) is 61.2 Å². The fourth-order valence-electron chi connectivity index (χ4n) is 8.13. The Morgan fingerprint density at radius 3 is 2.49 bits per heavy atom. The Balaban J connectivity index is 0.773. The Bertz CT molecular complexity index is 2480. The summed E-state index contributed by atoms with van der Waals surface area (Å²) in [7, 11) is 0. The van der Waals surface area contributed by atoms with Gasteiger partial charge in [-0.05, 0) is 103 Å². The first-order valence-electron chi connectivity index (χ1n) is 20.7. The number of esters is 1. The van der Waals surface area contributed by atoms with Crippen molar-refractivity contribution < 1.29 is 34.0 Å². The van der Waals surface area contributed by atoms with Gasteiger partial charge in [-0.3, -0.25) is 14.4 Å². The monoisotopic (exact) mass is 826 g/mol. The zero-order valence-electron chi connectivity index (χ0n) is 33.7. The van der Waals surface area contributed by atoms with E-state index in [1.165, 1.54) is 12.1 Å². The van der Waals surface area contributed by atoms with Gasteiger partial charge in [0.25, 0.3) is 0 Å². The summed E-state index contributed by atoms with van der Waals surface area (Å²) in [6.45, 7) is 4.81. The van der Waals surface area contributed by atoms with Gasteiger partial charge >= 0.3 is 12.1 Å². The highest BCUT2D eigenvalue weighted by Crippen LogP contribution is 2.31.